The fraction of sp³-hybridized carbons (Fsp3) is 0.333. The average Bonchev–Trinajstić information content (AvgIpc) is 2.68. The molecule has 1 aromatic heterocycles. The number of fused-ring (bicyclic) bond motifs is 1. The lowest BCUT2D eigenvalue weighted by Crippen LogP contribution is -2.01. The van der Waals surface area contributed by atoms with Gasteiger partial charge in [-0.2, -0.15) is 13.2 Å². The lowest BCUT2D eigenvalue weighted by atomic mass is 10.1. The number of hydrogen-bond donors (Lipinski definition) is 1. The van der Waals surface area contributed by atoms with E-state index >= 15 is 0 Å². The first-order valence-electron chi connectivity index (χ1n) is 5.30. The number of nitrogens with two attached hydrogens (primary N) is 1. The molecule has 0 amide bonds. The van der Waals surface area contributed by atoms with Crippen molar-refractivity contribution in [3.63, 3.8) is 0 Å². The predicted octanol–water partition coefficient (Wildman–Crippen LogP) is 3.34. The van der Waals surface area contributed by atoms with Crippen LogP contribution < -0.4 is 5.73 Å². The zero-order chi connectivity index (χ0) is 12.5. The van der Waals surface area contributed by atoms with E-state index in [4.69, 9.17) is 10.2 Å². The number of rotatable bonds is 3. The van der Waals surface area contributed by atoms with Crippen LogP contribution in [-0.2, 0) is 12.6 Å². The van der Waals surface area contributed by atoms with Gasteiger partial charge in [0.25, 0.3) is 0 Å². The molecule has 0 unspecified atom stereocenters. The van der Waals surface area contributed by atoms with E-state index in [1.807, 2.05) is 0 Å². The Balaban J connectivity index is 2.34. The van der Waals surface area contributed by atoms with Gasteiger partial charge in [-0.1, -0.05) is 12.1 Å². The van der Waals surface area contributed by atoms with Gasteiger partial charge in [0, 0.05) is 5.39 Å². The quantitative estimate of drug-likeness (QED) is 0.897. The lowest BCUT2D eigenvalue weighted by Gasteiger charge is -2.00. The first-order chi connectivity index (χ1) is 8.00. The summed E-state index contributed by atoms with van der Waals surface area (Å²) in [5, 5.41) is 0.467. The van der Waals surface area contributed by atoms with E-state index in [9.17, 15) is 13.2 Å². The SMILES string of the molecule is NCCCc1ccc2cc(C(F)(F)F)oc2c1. The number of benzene rings is 1. The van der Waals surface area contributed by atoms with Crippen molar-refractivity contribution in [2.24, 2.45) is 5.73 Å². The topological polar surface area (TPSA) is 39.2 Å². The second-order valence-electron chi connectivity index (χ2n) is 3.87. The van der Waals surface area contributed by atoms with Crippen LogP contribution in [0.5, 0.6) is 0 Å². The Bertz CT molecular complexity index is 516. The number of alkyl halides is 3. The van der Waals surface area contributed by atoms with Gasteiger partial charge in [0.2, 0.25) is 5.76 Å². The maximum atomic E-state index is 12.4. The third kappa shape index (κ3) is 2.61. The molecule has 5 heteroatoms. The Morgan fingerprint density at radius 3 is 2.59 bits per heavy atom. The zero-order valence-electron chi connectivity index (χ0n) is 9.05. The standard InChI is InChI=1S/C12H12F3NO/c13-12(14,15)11-7-9-4-3-8(2-1-5-16)6-10(9)17-11/h3-4,6-7H,1-2,5,16H2. The van der Waals surface area contributed by atoms with E-state index in [0.717, 1.165) is 24.5 Å². The fourth-order valence-corrected chi connectivity index (χ4v) is 1.68. The van der Waals surface area contributed by atoms with Gasteiger partial charge >= 0.3 is 6.18 Å². The van der Waals surface area contributed by atoms with Gasteiger partial charge in [0.15, 0.2) is 0 Å². The van der Waals surface area contributed by atoms with Crippen molar-refractivity contribution >= 4 is 11.0 Å². The third-order valence-corrected chi connectivity index (χ3v) is 2.53. The molecule has 1 aromatic carbocycles. The van der Waals surface area contributed by atoms with E-state index in [1.165, 1.54) is 0 Å². The highest BCUT2D eigenvalue weighted by molar-refractivity contribution is 5.78. The number of hydrogen-bond acceptors (Lipinski definition) is 2. The Hall–Kier alpha value is -1.49. The molecule has 0 spiro atoms. The molecule has 0 saturated heterocycles. The molecule has 0 aliphatic carbocycles. The first-order valence-corrected chi connectivity index (χ1v) is 5.30. The molecule has 2 N–H and O–H groups in total. The van der Waals surface area contributed by atoms with Crippen molar-refractivity contribution in [3.05, 3.63) is 35.6 Å². The highest BCUT2D eigenvalue weighted by Crippen LogP contribution is 2.34. The van der Waals surface area contributed by atoms with Crippen LogP contribution in [0.25, 0.3) is 11.0 Å². The number of halogens is 3. The van der Waals surface area contributed by atoms with E-state index in [0.29, 0.717) is 11.9 Å². The Morgan fingerprint density at radius 2 is 1.94 bits per heavy atom. The van der Waals surface area contributed by atoms with Gasteiger partial charge < -0.3 is 10.2 Å². The van der Waals surface area contributed by atoms with Gasteiger partial charge in [-0.3, -0.25) is 0 Å². The van der Waals surface area contributed by atoms with Gasteiger partial charge in [0.05, 0.1) is 0 Å². The summed E-state index contributed by atoms with van der Waals surface area (Å²) in [5.74, 6) is -0.955. The molecule has 17 heavy (non-hydrogen) atoms. The van der Waals surface area contributed by atoms with Crippen LogP contribution in [0.2, 0.25) is 0 Å². The van der Waals surface area contributed by atoms with E-state index in [2.05, 4.69) is 0 Å². The predicted molar refractivity (Wildman–Crippen MR) is 58.6 cm³/mol. The maximum absolute atomic E-state index is 12.4. The van der Waals surface area contributed by atoms with Gasteiger partial charge in [0.1, 0.15) is 5.58 Å². The van der Waals surface area contributed by atoms with Crippen molar-refractivity contribution < 1.29 is 17.6 Å². The first kappa shape index (κ1) is 12.0. The Labute approximate surface area is 96.2 Å². The molecular weight excluding hydrogens is 231 g/mol. The highest BCUT2D eigenvalue weighted by Gasteiger charge is 2.35. The van der Waals surface area contributed by atoms with E-state index < -0.39 is 11.9 Å². The van der Waals surface area contributed by atoms with Crippen molar-refractivity contribution in [1.29, 1.82) is 0 Å². The monoisotopic (exact) mass is 243 g/mol. The minimum atomic E-state index is -4.43. The van der Waals surface area contributed by atoms with Gasteiger partial charge in [-0.05, 0) is 37.1 Å². The molecule has 0 saturated carbocycles. The summed E-state index contributed by atoms with van der Waals surface area (Å²) < 4.78 is 42.1. The van der Waals surface area contributed by atoms with Crippen LogP contribution in [-0.4, -0.2) is 6.54 Å². The molecule has 0 bridgehead atoms. The van der Waals surface area contributed by atoms with Crippen molar-refractivity contribution in [1.82, 2.24) is 0 Å². The molecule has 0 fully saturated rings. The minimum absolute atomic E-state index is 0.270. The number of furan rings is 1. The summed E-state index contributed by atoms with van der Waals surface area (Å²) in [4.78, 5) is 0. The zero-order valence-corrected chi connectivity index (χ0v) is 9.05. The minimum Gasteiger partial charge on any atom is -0.451 e. The Kier molecular flexibility index (Phi) is 3.11. The highest BCUT2D eigenvalue weighted by atomic mass is 19.4. The van der Waals surface area contributed by atoms with Crippen molar-refractivity contribution in [2.75, 3.05) is 6.54 Å². The van der Waals surface area contributed by atoms with Crippen molar-refractivity contribution in [3.8, 4) is 0 Å². The molecule has 1 heterocycles. The van der Waals surface area contributed by atoms with E-state index in [1.54, 1.807) is 18.2 Å². The second-order valence-corrected chi connectivity index (χ2v) is 3.87. The largest absolute Gasteiger partial charge is 0.451 e. The normalized spacial score (nSPS) is 12.2. The lowest BCUT2D eigenvalue weighted by molar-refractivity contribution is -0.152. The maximum Gasteiger partial charge on any atom is 0.449 e. The second kappa shape index (κ2) is 4.41. The van der Waals surface area contributed by atoms with Crippen molar-refractivity contribution in [2.45, 2.75) is 19.0 Å². The third-order valence-electron chi connectivity index (χ3n) is 2.53. The van der Waals surface area contributed by atoms with Crippen LogP contribution in [0.3, 0.4) is 0 Å². The summed E-state index contributed by atoms with van der Waals surface area (Å²) >= 11 is 0. The van der Waals surface area contributed by atoms with Crippen LogP contribution in [0, 0.1) is 0 Å². The molecule has 2 aromatic rings. The number of aryl methyl sites for hydroxylation is 1. The summed E-state index contributed by atoms with van der Waals surface area (Å²) in [6.07, 6.45) is -2.89. The van der Waals surface area contributed by atoms with Gasteiger partial charge in [-0.25, -0.2) is 0 Å². The van der Waals surface area contributed by atoms with Gasteiger partial charge in [-0.15, -0.1) is 0 Å². The average molecular weight is 243 g/mol. The molecular formula is C12H12F3NO. The molecule has 0 aliphatic rings. The summed E-state index contributed by atoms with van der Waals surface area (Å²) in [6, 6.07) is 6.09. The van der Waals surface area contributed by atoms with Crippen LogP contribution in [0.15, 0.2) is 28.7 Å². The molecule has 2 rings (SSSR count). The van der Waals surface area contributed by atoms with Crippen LogP contribution in [0.4, 0.5) is 13.2 Å². The molecule has 0 aliphatic heterocycles. The fourth-order valence-electron chi connectivity index (χ4n) is 1.68. The van der Waals surface area contributed by atoms with Crippen LogP contribution >= 0.6 is 0 Å². The molecule has 0 radical (unpaired) electrons. The smallest absolute Gasteiger partial charge is 0.449 e. The molecule has 92 valence electrons. The van der Waals surface area contributed by atoms with E-state index in [-0.39, 0.29) is 5.58 Å². The summed E-state index contributed by atoms with van der Waals surface area (Å²) in [5.41, 5.74) is 6.58. The summed E-state index contributed by atoms with van der Waals surface area (Å²) in [7, 11) is 0. The molecule has 2 nitrogen and oxygen atoms in total. The summed E-state index contributed by atoms with van der Waals surface area (Å²) in [6.45, 7) is 0.560. The molecule has 0 atom stereocenters. The van der Waals surface area contributed by atoms with Crippen LogP contribution in [0.1, 0.15) is 17.7 Å². The Morgan fingerprint density at radius 1 is 1.18 bits per heavy atom.